The van der Waals surface area contributed by atoms with Gasteiger partial charge in [0, 0.05) is 49.1 Å². The SMILES string of the molecule is C1COCCN1.O=S(=O)(c1cccc(-c2cc(-c3nc(-c4ccc(C(F)(F)F)cc4)cc(C(F)(F)F)n3)ccn2)c1)N1CCOCC1. The molecule has 4 heterocycles. The Balaban J connectivity index is 0.000000650. The number of sulfonamides is 1. The monoisotopic (exact) mass is 681 g/mol. The zero-order valence-corrected chi connectivity index (χ0v) is 25.5. The molecule has 0 radical (unpaired) electrons. The summed E-state index contributed by atoms with van der Waals surface area (Å²) in [6.45, 7) is 4.78. The summed E-state index contributed by atoms with van der Waals surface area (Å²) in [5.41, 5.74) is -1.67. The van der Waals surface area contributed by atoms with Crippen LogP contribution in [-0.4, -0.2) is 80.3 Å². The Hall–Kier alpha value is -3.96. The summed E-state index contributed by atoms with van der Waals surface area (Å²) >= 11 is 0. The second kappa shape index (κ2) is 14.4. The van der Waals surface area contributed by atoms with Gasteiger partial charge in [0.1, 0.15) is 5.69 Å². The highest BCUT2D eigenvalue weighted by molar-refractivity contribution is 7.89. The average molecular weight is 682 g/mol. The Bertz CT molecular complexity index is 1770. The van der Waals surface area contributed by atoms with Gasteiger partial charge >= 0.3 is 12.4 Å². The van der Waals surface area contributed by atoms with Crippen molar-refractivity contribution in [2.45, 2.75) is 17.2 Å². The third-order valence-electron chi connectivity index (χ3n) is 7.13. The smallest absolute Gasteiger partial charge is 0.379 e. The second-order valence-corrected chi connectivity index (χ2v) is 12.3. The summed E-state index contributed by atoms with van der Waals surface area (Å²) in [6, 6.07) is 13.0. The second-order valence-electron chi connectivity index (χ2n) is 10.4. The first kappa shape index (κ1) is 34.4. The van der Waals surface area contributed by atoms with E-state index in [4.69, 9.17) is 9.47 Å². The van der Waals surface area contributed by atoms with Crippen molar-refractivity contribution in [2.24, 2.45) is 0 Å². The maximum atomic E-state index is 13.7. The number of benzene rings is 2. The number of rotatable bonds is 5. The number of morpholine rings is 2. The maximum Gasteiger partial charge on any atom is 0.433 e. The van der Waals surface area contributed by atoms with Crippen LogP contribution in [0.15, 0.2) is 77.8 Å². The van der Waals surface area contributed by atoms with Crippen molar-refractivity contribution in [3.05, 3.63) is 84.2 Å². The molecule has 6 rings (SSSR count). The molecule has 9 nitrogen and oxygen atoms in total. The molecule has 0 saturated carbocycles. The Morgan fingerprint density at radius 2 is 1.38 bits per heavy atom. The molecule has 0 aliphatic carbocycles. The fourth-order valence-corrected chi connectivity index (χ4v) is 6.15. The zero-order chi connectivity index (χ0) is 33.7. The molecule has 1 N–H and O–H groups in total. The first-order valence-electron chi connectivity index (χ1n) is 14.4. The molecule has 2 aromatic heterocycles. The van der Waals surface area contributed by atoms with Crippen LogP contribution in [0.25, 0.3) is 33.9 Å². The fourth-order valence-electron chi connectivity index (χ4n) is 4.69. The third kappa shape index (κ3) is 8.70. The van der Waals surface area contributed by atoms with E-state index in [2.05, 4.69) is 20.3 Å². The van der Waals surface area contributed by atoms with Crippen LogP contribution in [0.5, 0.6) is 0 Å². The molecule has 2 aliphatic heterocycles. The van der Waals surface area contributed by atoms with Crippen LogP contribution < -0.4 is 5.32 Å². The molecule has 0 atom stereocenters. The molecule has 2 aliphatic rings. The van der Waals surface area contributed by atoms with Gasteiger partial charge < -0.3 is 14.8 Å². The van der Waals surface area contributed by atoms with Gasteiger partial charge in [-0.05, 0) is 42.5 Å². The van der Waals surface area contributed by atoms with Crippen molar-refractivity contribution in [1.82, 2.24) is 24.6 Å². The van der Waals surface area contributed by atoms with Gasteiger partial charge in [0.25, 0.3) is 0 Å². The Labute approximate surface area is 266 Å². The van der Waals surface area contributed by atoms with E-state index in [1.54, 1.807) is 6.07 Å². The summed E-state index contributed by atoms with van der Waals surface area (Å²) in [7, 11) is -3.82. The van der Waals surface area contributed by atoms with Crippen molar-refractivity contribution >= 4 is 10.0 Å². The lowest BCUT2D eigenvalue weighted by Crippen LogP contribution is -2.40. The van der Waals surface area contributed by atoms with E-state index >= 15 is 0 Å². The number of hydrogen-bond donors (Lipinski definition) is 1. The van der Waals surface area contributed by atoms with Gasteiger partial charge in [-0.25, -0.2) is 18.4 Å². The number of ether oxygens (including phenoxy) is 2. The molecule has 0 bridgehead atoms. The van der Waals surface area contributed by atoms with Gasteiger partial charge in [-0.2, -0.15) is 30.6 Å². The summed E-state index contributed by atoms with van der Waals surface area (Å²) in [6.07, 6.45) is -8.16. The maximum absolute atomic E-state index is 13.7. The largest absolute Gasteiger partial charge is 0.433 e. The number of nitrogens with one attached hydrogen (secondary N) is 1. The molecule has 0 unspecified atom stereocenters. The van der Waals surface area contributed by atoms with Crippen molar-refractivity contribution in [3.8, 4) is 33.9 Å². The standard InChI is InChI=1S/C27H20F6N4O3S.C4H9NO/c28-26(29,30)20-6-4-17(5-7-20)23-16-24(27(31,32)33)36-25(35-23)19-8-9-34-22(15-19)18-2-1-3-21(14-18)41(38,39)37-10-12-40-13-11-37;1-3-6-4-2-5-1/h1-9,14-16H,10-13H2;5H,1-4H2. The lowest BCUT2D eigenvalue weighted by atomic mass is 10.1. The van der Waals surface area contributed by atoms with Crippen molar-refractivity contribution in [2.75, 3.05) is 52.6 Å². The molecule has 16 heteroatoms. The van der Waals surface area contributed by atoms with Gasteiger partial charge in [0.05, 0.1) is 48.3 Å². The molecule has 4 aromatic rings. The molecular weight excluding hydrogens is 652 g/mol. The molecule has 250 valence electrons. The van der Waals surface area contributed by atoms with Crippen molar-refractivity contribution in [1.29, 1.82) is 0 Å². The third-order valence-corrected chi connectivity index (χ3v) is 9.02. The minimum absolute atomic E-state index is 0.0176. The number of aromatic nitrogens is 3. The fraction of sp³-hybridized carbons (Fsp3) is 0.323. The summed E-state index contributed by atoms with van der Waals surface area (Å²) in [5, 5.41) is 3.16. The summed E-state index contributed by atoms with van der Waals surface area (Å²) < 4.78 is 118. The van der Waals surface area contributed by atoms with E-state index in [1.165, 1.54) is 40.8 Å². The number of halogens is 6. The normalized spacial score (nSPS) is 16.3. The quantitative estimate of drug-likeness (QED) is 0.274. The van der Waals surface area contributed by atoms with E-state index in [0.717, 1.165) is 50.6 Å². The van der Waals surface area contributed by atoms with Gasteiger partial charge in [-0.1, -0.05) is 24.3 Å². The van der Waals surface area contributed by atoms with Crippen LogP contribution >= 0.6 is 0 Å². The van der Waals surface area contributed by atoms with Crippen LogP contribution in [-0.2, 0) is 31.8 Å². The Morgan fingerprint density at radius 1 is 0.702 bits per heavy atom. The zero-order valence-electron chi connectivity index (χ0n) is 24.7. The first-order chi connectivity index (χ1) is 22.3. The minimum Gasteiger partial charge on any atom is -0.379 e. The molecular formula is C31H29F6N5O4S. The van der Waals surface area contributed by atoms with Gasteiger partial charge in [-0.3, -0.25) is 4.98 Å². The number of nitrogens with zero attached hydrogens (tertiary/aromatic N) is 4. The Kier molecular flexibility index (Phi) is 10.6. The number of hydrogen-bond acceptors (Lipinski definition) is 8. The summed E-state index contributed by atoms with van der Waals surface area (Å²) in [5.74, 6) is -0.338. The Morgan fingerprint density at radius 3 is 1.98 bits per heavy atom. The van der Waals surface area contributed by atoms with Crippen molar-refractivity contribution in [3.63, 3.8) is 0 Å². The molecule has 2 saturated heterocycles. The molecule has 2 aromatic carbocycles. The van der Waals surface area contributed by atoms with E-state index in [1.807, 2.05) is 0 Å². The van der Waals surface area contributed by atoms with E-state index in [-0.39, 0.29) is 59.5 Å². The van der Waals surface area contributed by atoms with Gasteiger partial charge in [0.2, 0.25) is 10.0 Å². The predicted octanol–water partition coefficient (Wildman–Crippen LogP) is 5.54. The van der Waals surface area contributed by atoms with Crippen LogP contribution in [0.1, 0.15) is 11.3 Å². The van der Waals surface area contributed by atoms with Crippen LogP contribution in [0.4, 0.5) is 26.3 Å². The van der Waals surface area contributed by atoms with Crippen LogP contribution in [0, 0.1) is 0 Å². The molecule has 2 fully saturated rings. The summed E-state index contributed by atoms with van der Waals surface area (Å²) in [4.78, 5) is 12.1. The van der Waals surface area contributed by atoms with Crippen LogP contribution in [0.2, 0.25) is 0 Å². The average Bonchev–Trinajstić information content (AvgIpc) is 3.09. The highest BCUT2D eigenvalue weighted by Crippen LogP contribution is 2.35. The lowest BCUT2D eigenvalue weighted by molar-refractivity contribution is -0.141. The van der Waals surface area contributed by atoms with Crippen molar-refractivity contribution < 1.29 is 44.2 Å². The van der Waals surface area contributed by atoms with Crippen LogP contribution in [0.3, 0.4) is 0 Å². The first-order valence-corrected chi connectivity index (χ1v) is 15.8. The minimum atomic E-state index is -4.86. The molecule has 0 amide bonds. The van der Waals surface area contributed by atoms with E-state index < -0.39 is 33.6 Å². The molecule has 0 spiro atoms. The highest BCUT2D eigenvalue weighted by Gasteiger charge is 2.34. The predicted molar refractivity (Wildman–Crippen MR) is 159 cm³/mol. The van der Waals surface area contributed by atoms with Gasteiger partial charge in [-0.15, -0.1) is 0 Å². The topological polar surface area (TPSA) is 107 Å². The van der Waals surface area contributed by atoms with Gasteiger partial charge in [0.15, 0.2) is 5.82 Å². The number of pyridine rings is 1. The van der Waals surface area contributed by atoms with E-state index in [9.17, 15) is 34.8 Å². The van der Waals surface area contributed by atoms with E-state index in [0.29, 0.717) is 11.6 Å². The number of alkyl halides is 6. The molecule has 47 heavy (non-hydrogen) atoms. The highest BCUT2D eigenvalue weighted by atomic mass is 32.2. The lowest BCUT2D eigenvalue weighted by Gasteiger charge is -2.26.